The van der Waals surface area contributed by atoms with E-state index in [9.17, 15) is 9.90 Å². The average molecular weight is 267 g/mol. The summed E-state index contributed by atoms with van der Waals surface area (Å²) in [5.41, 5.74) is 0.371. The molecule has 1 heterocycles. The zero-order valence-corrected chi connectivity index (χ0v) is 11.6. The van der Waals surface area contributed by atoms with Crippen LogP contribution in [0.5, 0.6) is 0 Å². The van der Waals surface area contributed by atoms with Crippen LogP contribution in [0.2, 0.25) is 0 Å². The summed E-state index contributed by atoms with van der Waals surface area (Å²) < 4.78 is 0. The van der Waals surface area contributed by atoms with Crippen molar-refractivity contribution in [3.8, 4) is 0 Å². The number of carbonyl (C=O) groups excluding carboxylic acids is 1. The summed E-state index contributed by atoms with van der Waals surface area (Å²) in [6, 6.07) is 1.98. The van der Waals surface area contributed by atoms with Gasteiger partial charge in [-0.05, 0) is 42.2 Å². The fourth-order valence-corrected chi connectivity index (χ4v) is 3.22. The van der Waals surface area contributed by atoms with E-state index < -0.39 is 5.60 Å². The minimum atomic E-state index is -0.678. The molecule has 0 aliphatic heterocycles. The molecule has 0 saturated heterocycles. The van der Waals surface area contributed by atoms with Crippen molar-refractivity contribution in [2.75, 3.05) is 6.54 Å². The van der Waals surface area contributed by atoms with Crippen LogP contribution in [-0.4, -0.2) is 23.2 Å². The normalized spacial score (nSPS) is 20.3. The Morgan fingerprint density at radius 3 is 2.83 bits per heavy atom. The number of aliphatic hydroxyl groups is 1. The zero-order chi connectivity index (χ0) is 13.0. The molecule has 0 bridgehead atoms. The molecular weight excluding hydrogens is 246 g/mol. The third-order valence-electron chi connectivity index (χ3n) is 3.81. The molecule has 1 aliphatic carbocycles. The maximum absolute atomic E-state index is 12.0. The van der Waals surface area contributed by atoms with Crippen molar-refractivity contribution in [1.82, 2.24) is 5.32 Å². The Kier molecular flexibility index (Phi) is 4.40. The highest BCUT2D eigenvalue weighted by atomic mass is 32.1. The molecule has 2 N–H and O–H groups in total. The first-order valence-corrected chi connectivity index (χ1v) is 7.57. The zero-order valence-electron chi connectivity index (χ0n) is 10.8. The smallest absolute Gasteiger partial charge is 0.227 e. The molecule has 18 heavy (non-hydrogen) atoms. The molecule has 1 atom stereocenters. The summed E-state index contributed by atoms with van der Waals surface area (Å²) in [4.78, 5) is 12.0. The molecular formula is C14H21NO2S. The van der Waals surface area contributed by atoms with Crippen LogP contribution in [0.3, 0.4) is 0 Å². The van der Waals surface area contributed by atoms with Gasteiger partial charge in [0.05, 0.1) is 11.5 Å². The van der Waals surface area contributed by atoms with Crippen LogP contribution in [0.4, 0.5) is 0 Å². The van der Waals surface area contributed by atoms with Gasteiger partial charge in [0.2, 0.25) is 5.91 Å². The lowest BCUT2D eigenvalue weighted by Crippen LogP contribution is -2.45. The third-order valence-corrected chi connectivity index (χ3v) is 4.51. The summed E-state index contributed by atoms with van der Waals surface area (Å²) in [6.07, 6.45) is 4.93. The number of hydrogen-bond acceptors (Lipinski definition) is 3. The summed E-state index contributed by atoms with van der Waals surface area (Å²) in [7, 11) is 0. The van der Waals surface area contributed by atoms with E-state index in [1.807, 2.05) is 23.8 Å². The van der Waals surface area contributed by atoms with E-state index in [1.54, 1.807) is 11.3 Å². The molecule has 1 aromatic heterocycles. The van der Waals surface area contributed by atoms with Crippen LogP contribution >= 0.6 is 11.3 Å². The Balaban J connectivity index is 1.84. The number of carbonyl (C=O) groups is 1. The minimum Gasteiger partial charge on any atom is -0.388 e. The second-order valence-electron chi connectivity index (χ2n) is 5.28. The largest absolute Gasteiger partial charge is 0.388 e. The van der Waals surface area contributed by atoms with E-state index in [0.29, 0.717) is 6.54 Å². The topological polar surface area (TPSA) is 49.3 Å². The second kappa shape index (κ2) is 5.85. The molecule has 0 aromatic carbocycles. The maximum atomic E-state index is 12.0. The molecule has 1 fully saturated rings. The molecule has 0 spiro atoms. The first kappa shape index (κ1) is 13.6. The summed E-state index contributed by atoms with van der Waals surface area (Å²) in [5.74, 6) is -0.129. The molecule has 1 aliphatic rings. The van der Waals surface area contributed by atoms with Crippen LogP contribution in [0.1, 0.15) is 50.5 Å². The standard InChI is InChI=1S/C14H21NO2S/c1-11(12-5-8-18-9-12)13(16)15-10-14(17)6-3-2-4-7-14/h5,8-9,11,17H,2-4,6-7,10H2,1H3,(H,15,16). The van der Waals surface area contributed by atoms with Gasteiger partial charge in [-0.2, -0.15) is 11.3 Å². The highest BCUT2D eigenvalue weighted by Gasteiger charge is 2.30. The molecule has 1 aromatic rings. The fraction of sp³-hybridized carbons (Fsp3) is 0.643. The Bertz CT molecular complexity index is 383. The Labute approximate surface area is 112 Å². The van der Waals surface area contributed by atoms with Gasteiger partial charge in [-0.15, -0.1) is 0 Å². The summed E-state index contributed by atoms with van der Waals surface area (Å²) in [5, 5.41) is 17.2. The number of amides is 1. The van der Waals surface area contributed by atoms with Gasteiger partial charge in [0.15, 0.2) is 0 Å². The van der Waals surface area contributed by atoms with Gasteiger partial charge in [0, 0.05) is 6.54 Å². The number of nitrogens with one attached hydrogen (secondary N) is 1. The average Bonchev–Trinajstić information content (AvgIpc) is 2.90. The highest BCUT2D eigenvalue weighted by molar-refractivity contribution is 7.08. The minimum absolute atomic E-state index is 0.00685. The summed E-state index contributed by atoms with van der Waals surface area (Å²) in [6.45, 7) is 2.29. The lowest BCUT2D eigenvalue weighted by atomic mass is 9.85. The van der Waals surface area contributed by atoms with Crippen molar-refractivity contribution in [1.29, 1.82) is 0 Å². The van der Waals surface area contributed by atoms with E-state index in [4.69, 9.17) is 0 Å². The second-order valence-corrected chi connectivity index (χ2v) is 6.06. The Morgan fingerprint density at radius 2 is 2.22 bits per heavy atom. The van der Waals surface area contributed by atoms with Crippen LogP contribution < -0.4 is 5.32 Å². The monoisotopic (exact) mass is 267 g/mol. The number of rotatable bonds is 4. The van der Waals surface area contributed by atoms with Crippen LogP contribution in [0.25, 0.3) is 0 Å². The van der Waals surface area contributed by atoms with Crippen LogP contribution in [-0.2, 0) is 4.79 Å². The SMILES string of the molecule is CC(C(=O)NCC1(O)CCCCC1)c1ccsc1. The molecule has 100 valence electrons. The summed E-state index contributed by atoms with van der Waals surface area (Å²) >= 11 is 1.60. The van der Waals surface area contributed by atoms with Crippen molar-refractivity contribution < 1.29 is 9.90 Å². The predicted octanol–water partition coefficient (Wildman–Crippen LogP) is 2.66. The van der Waals surface area contributed by atoms with Crippen LogP contribution in [0.15, 0.2) is 16.8 Å². The van der Waals surface area contributed by atoms with E-state index in [0.717, 1.165) is 31.2 Å². The molecule has 1 saturated carbocycles. The number of thiophene rings is 1. The van der Waals surface area contributed by atoms with Gasteiger partial charge in [0.1, 0.15) is 0 Å². The van der Waals surface area contributed by atoms with Gasteiger partial charge >= 0.3 is 0 Å². The van der Waals surface area contributed by atoms with Gasteiger partial charge in [0.25, 0.3) is 0 Å². The van der Waals surface area contributed by atoms with E-state index in [2.05, 4.69) is 5.32 Å². The first-order chi connectivity index (χ1) is 8.61. The highest BCUT2D eigenvalue weighted by Crippen LogP contribution is 2.27. The van der Waals surface area contributed by atoms with E-state index in [-0.39, 0.29) is 11.8 Å². The lowest BCUT2D eigenvalue weighted by Gasteiger charge is -2.32. The Morgan fingerprint density at radius 1 is 1.50 bits per heavy atom. The van der Waals surface area contributed by atoms with Crippen molar-refractivity contribution in [2.24, 2.45) is 0 Å². The predicted molar refractivity (Wildman–Crippen MR) is 73.8 cm³/mol. The molecule has 2 rings (SSSR count). The fourth-order valence-electron chi connectivity index (χ4n) is 2.46. The molecule has 1 unspecified atom stereocenters. The van der Waals surface area contributed by atoms with Crippen LogP contribution in [0, 0.1) is 0 Å². The molecule has 3 nitrogen and oxygen atoms in total. The van der Waals surface area contributed by atoms with Crippen molar-refractivity contribution >= 4 is 17.2 Å². The third kappa shape index (κ3) is 3.33. The lowest BCUT2D eigenvalue weighted by molar-refractivity contribution is -0.123. The van der Waals surface area contributed by atoms with Gasteiger partial charge in [-0.25, -0.2) is 0 Å². The molecule has 0 radical (unpaired) electrons. The van der Waals surface area contributed by atoms with Crippen molar-refractivity contribution in [3.63, 3.8) is 0 Å². The van der Waals surface area contributed by atoms with Crippen molar-refractivity contribution in [2.45, 2.75) is 50.5 Å². The molecule has 1 amide bonds. The van der Waals surface area contributed by atoms with Gasteiger partial charge in [-0.3, -0.25) is 4.79 Å². The quantitative estimate of drug-likeness (QED) is 0.881. The van der Waals surface area contributed by atoms with Gasteiger partial charge in [-0.1, -0.05) is 19.3 Å². The van der Waals surface area contributed by atoms with Gasteiger partial charge < -0.3 is 10.4 Å². The number of hydrogen-bond donors (Lipinski definition) is 2. The first-order valence-electron chi connectivity index (χ1n) is 6.63. The van der Waals surface area contributed by atoms with E-state index >= 15 is 0 Å². The van der Waals surface area contributed by atoms with E-state index in [1.165, 1.54) is 6.42 Å². The van der Waals surface area contributed by atoms with Crippen molar-refractivity contribution in [3.05, 3.63) is 22.4 Å². The maximum Gasteiger partial charge on any atom is 0.227 e. The molecule has 4 heteroatoms. The Hall–Kier alpha value is -0.870.